The molecule has 6 rings (SSSR count). The number of benzene rings is 2. The summed E-state index contributed by atoms with van der Waals surface area (Å²) in [5, 5.41) is 19.2. The molecule has 0 fully saturated rings. The third-order valence-corrected chi connectivity index (χ3v) is 9.97. The van der Waals surface area contributed by atoms with E-state index in [9.17, 15) is 13.2 Å². The molecule has 0 radical (unpaired) electrons. The molecule has 0 spiro atoms. The Bertz CT molecular complexity index is 1710. The van der Waals surface area contributed by atoms with Gasteiger partial charge in [-0.05, 0) is 49.2 Å². The van der Waals surface area contributed by atoms with Crippen LogP contribution in [0.15, 0.2) is 58.4 Å². The third-order valence-electron chi connectivity index (χ3n) is 6.58. The summed E-state index contributed by atoms with van der Waals surface area (Å²) in [7, 11) is -3.82. The molecule has 12 heteroatoms. The highest BCUT2D eigenvalue weighted by atomic mass is 35.5. The maximum atomic E-state index is 13.4. The predicted octanol–water partition coefficient (Wildman–Crippen LogP) is 4.09. The van der Waals surface area contributed by atoms with E-state index in [2.05, 4.69) is 10.2 Å². The Morgan fingerprint density at radius 2 is 1.86 bits per heavy atom. The number of nitrogens with zero attached hydrogens (tertiary/aromatic N) is 5. The van der Waals surface area contributed by atoms with E-state index < -0.39 is 16.0 Å². The number of hydrogen-bond donors (Lipinski definition) is 1. The molecule has 0 unspecified atom stereocenters. The number of fused-ring (bicyclic) bond motifs is 5. The summed E-state index contributed by atoms with van der Waals surface area (Å²) in [5.41, 5.74) is 3.61. The highest BCUT2D eigenvalue weighted by molar-refractivity contribution is 7.89. The molecule has 0 bridgehead atoms. The molecule has 0 amide bonds. The van der Waals surface area contributed by atoms with E-state index >= 15 is 0 Å². The van der Waals surface area contributed by atoms with Gasteiger partial charge in [0.2, 0.25) is 10.0 Å². The Morgan fingerprint density at radius 1 is 1.11 bits per heavy atom. The molecule has 2 aliphatic rings. The van der Waals surface area contributed by atoms with Crippen molar-refractivity contribution >= 4 is 44.6 Å². The normalized spacial score (nSPS) is 15.4. The number of aryl methyl sites for hydroxylation is 1. The SMILES string of the molecule is Cc1nnc2n1-c1sc3c(c1C(c1ccccc1Cl)=NC2)CCN(S(=O)(=O)c1ccc(C(=O)O)cc1)C3. The molecular weight excluding hydrogens is 534 g/mol. The van der Waals surface area contributed by atoms with Gasteiger partial charge in [0.25, 0.3) is 0 Å². The first-order chi connectivity index (χ1) is 17.8. The Kier molecular flexibility index (Phi) is 5.75. The van der Waals surface area contributed by atoms with Gasteiger partial charge in [0.1, 0.15) is 17.4 Å². The lowest BCUT2D eigenvalue weighted by Gasteiger charge is -2.27. The molecule has 2 aliphatic heterocycles. The molecule has 37 heavy (non-hydrogen) atoms. The molecule has 2 aromatic carbocycles. The van der Waals surface area contributed by atoms with Gasteiger partial charge in [-0.25, -0.2) is 13.2 Å². The summed E-state index contributed by atoms with van der Waals surface area (Å²) in [5.74, 6) is 0.335. The van der Waals surface area contributed by atoms with E-state index in [1.54, 1.807) is 0 Å². The lowest BCUT2D eigenvalue weighted by atomic mass is 9.96. The van der Waals surface area contributed by atoms with Crippen LogP contribution in [0.4, 0.5) is 0 Å². The quantitative estimate of drug-likeness (QED) is 0.407. The van der Waals surface area contributed by atoms with E-state index in [1.807, 2.05) is 35.8 Å². The molecule has 0 saturated carbocycles. The molecule has 4 aromatic rings. The number of thiophene rings is 1. The Morgan fingerprint density at radius 3 is 2.59 bits per heavy atom. The molecule has 0 saturated heterocycles. The number of aromatic nitrogens is 3. The highest BCUT2D eigenvalue weighted by Crippen LogP contribution is 2.41. The van der Waals surface area contributed by atoms with E-state index in [0.717, 1.165) is 38.1 Å². The minimum atomic E-state index is -3.82. The number of hydrogen-bond acceptors (Lipinski definition) is 7. The summed E-state index contributed by atoms with van der Waals surface area (Å²) >= 11 is 8.10. The summed E-state index contributed by atoms with van der Waals surface area (Å²) in [6, 6.07) is 12.9. The van der Waals surface area contributed by atoms with E-state index in [1.165, 1.54) is 39.9 Å². The molecular formula is C25H20ClN5O4S2. The van der Waals surface area contributed by atoms with Crippen LogP contribution in [0.5, 0.6) is 0 Å². The molecule has 188 valence electrons. The number of halogens is 1. The van der Waals surface area contributed by atoms with Crippen molar-refractivity contribution in [3.63, 3.8) is 0 Å². The summed E-state index contributed by atoms with van der Waals surface area (Å²) in [4.78, 5) is 17.1. The topological polar surface area (TPSA) is 118 Å². The van der Waals surface area contributed by atoms with Gasteiger partial charge < -0.3 is 5.11 Å². The fourth-order valence-corrected chi connectivity index (χ4v) is 7.91. The zero-order valence-corrected chi connectivity index (χ0v) is 21.9. The Balaban J connectivity index is 1.45. The van der Waals surface area contributed by atoms with Crippen LogP contribution in [0.2, 0.25) is 5.02 Å². The zero-order valence-electron chi connectivity index (χ0n) is 19.5. The first kappa shape index (κ1) is 24.0. The molecule has 1 N–H and O–H groups in total. The number of carboxylic acid groups (broad SMARTS) is 1. The van der Waals surface area contributed by atoms with Gasteiger partial charge in [-0.3, -0.25) is 9.56 Å². The average Bonchev–Trinajstić information content (AvgIpc) is 3.39. The van der Waals surface area contributed by atoms with Gasteiger partial charge in [-0.15, -0.1) is 21.5 Å². The maximum absolute atomic E-state index is 13.4. The number of sulfonamides is 1. The van der Waals surface area contributed by atoms with Crippen molar-refractivity contribution < 1.29 is 18.3 Å². The molecule has 2 aromatic heterocycles. The predicted molar refractivity (Wildman–Crippen MR) is 139 cm³/mol. The van der Waals surface area contributed by atoms with Crippen molar-refractivity contribution in [2.24, 2.45) is 4.99 Å². The first-order valence-electron chi connectivity index (χ1n) is 11.4. The first-order valence-corrected chi connectivity index (χ1v) is 14.1. The number of aromatic carboxylic acids is 1. The number of carboxylic acids is 1. The maximum Gasteiger partial charge on any atom is 0.335 e. The molecule has 0 aliphatic carbocycles. The largest absolute Gasteiger partial charge is 0.478 e. The second-order valence-corrected chi connectivity index (χ2v) is 12.2. The van der Waals surface area contributed by atoms with Gasteiger partial charge in [0, 0.05) is 34.1 Å². The summed E-state index contributed by atoms with van der Waals surface area (Å²) in [6.07, 6.45) is 0.494. The zero-order chi connectivity index (χ0) is 25.9. The van der Waals surface area contributed by atoms with Gasteiger partial charge >= 0.3 is 5.97 Å². The van der Waals surface area contributed by atoms with Crippen LogP contribution in [0.1, 0.15) is 43.6 Å². The third kappa shape index (κ3) is 3.89. The van der Waals surface area contributed by atoms with Crippen LogP contribution in [-0.4, -0.2) is 50.8 Å². The molecule has 9 nitrogen and oxygen atoms in total. The van der Waals surface area contributed by atoms with Crippen molar-refractivity contribution in [2.75, 3.05) is 6.54 Å². The van der Waals surface area contributed by atoms with E-state index in [-0.39, 0.29) is 23.5 Å². The highest BCUT2D eigenvalue weighted by Gasteiger charge is 2.35. The monoisotopic (exact) mass is 553 g/mol. The van der Waals surface area contributed by atoms with Crippen LogP contribution in [0, 0.1) is 6.92 Å². The second-order valence-electron chi connectivity index (χ2n) is 8.75. The molecule has 4 heterocycles. The van der Waals surface area contributed by atoms with Crippen LogP contribution in [-0.2, 0) is 29.5 Å². The van der Waals surface area contributed by atoms with Gasteiger partial charge in [-0.1, -0.05) is 29.8 Å². The van der Waals surface area contributed by atoms with Gasteiger partial charge in [0.05, 0.1) is 16.2 Å². The van der Waals surface area contributed by atoms with Gasteiger partial charge in [0.15, 0.2) is 5.82 Å². The average molecular weight is 554 g/mol. The van der Waals surface area contributed by atoms with Crippen molar-refractivity contribution in [1.29, 1.82) is 0 Å². The van der Waals surface area contributed by atoms with Crippen LogP contribution < -0.4 is 0 Å². The fourth-order valence-electron chi connectivity index (χ4n) is 4.77. The smallest absolute Gasteiger partial charge is 0.335 e. The lowest BCUT2D eigenvalue weighted by Crippen LogP contribution is -2.35. The Hall–Kier alpha value is -3.38. The van der Waals surface area contributed by atoms with Crippen LogP contribution in [0.3, 0.4) is 0 Å². The van der Waals surface area contributed by atoms with Gasteiger partial charge in [-0.2, -0.15) is 4.31 Å². The number of aliphatic imine (C=N–C) groups is 1. The Labute approximate surface area is 221 Å². The van der Waals surface area contributed by atoms with Crippen LogP contribution in [0.25, 0.3) is 5.00 Å². The standard InChI is InChI=1S/C25H20ClN5O4S2/c1-14-28-29-21-12-27-23(17-4-2-3-5-19(17)26)22-18-10-11-30(13-20(18)36-24(22)31(14)21)37(34,35)16-8-6-15(7-9-16)25(32)33/h2-9H,10-13H2,1H3,(H,32,33). The van der Waals surface area contributed by atoms with E-state index in [4.69, 9.17) is 21.7 Å². The minimum Gasteiger partial charge on any atom is -0.478 e. The lowest BCUT2D eigenvalue weighted by molar-refractivity contribution is 0.0696. The van der Waals surface area contributed by atoms with Crippen molar-refractivity contribution in [3.8, 4) is 5.00 Å². The fraction of sp³-hybridized carbons (Fsp3) is 0.200. The number of carbonyl (C=O) groups is 1. The van der Waals surface area contributed by atoms with Crippen molar-refractivity contribution in [1.82, 2.24) is 19.1 Å². The molecule has 0 atom stereocenters. The summed E-state index contributed by atoms with van der Waals surface area (Å²) < 4.78 is 30.3. The van der Waals surface area contributed by atoms with E-state index in [0.29, 0.717) is 23.8 Å². The minimum absolute atomic E-state index is 0.0355. The summed E-state index contributed by atoms with van der Waals surface area (Å²) in [6.45, 7) is 2.72. The van der Waals surface area contributed by atoms with Crippen molar-refractivity contribution in [3.05, 3.63) is 92.3 Å². The number of rotatable bonds is 4. The van der Waals surface area contributed by atoms with Crippen molar-refractivity contribution in [2.45, 2.75) is 31.3 Å². The second kappa shape index (κ2) is 8.88. The van der Waals surface area contributed by atoms with Crippen LogP contribution >= 0.6 is 22.9 Å².